The summed E-state index contributed by atoms with van der Waals surface area (Å²) in [6.07, 6.45) is 0. The summed E-state index contributed by atoms with van der Waals surface area (Å²) in [5.41, 5.74) is 9.15. The molecule has 0 saturated heterocycles. The zero-order chi connectivity index (χ0) is 15.0. The number of aryl methyl sites for hydroxylation is 1. The van der Waals surface area contributed by atoms with E-state index in [-0.39, 0.29) is 11.7 Å². The maximum atomic E-state index is 14.2. The Morgan fingerprint density at radius 1 is 1.10 bits per heavy atom. The van der Waals surface area contributed by atoms with E-state index in [0.717, 1.165) is 11.1 Å². The first-order chi connectivity index (χ1) is 10.1. The second-order valence-electron chi connectivity index (χ2n) is 4.68. The molecule has 0 atom stereocenters. The van der Waals surface area contributed by atoms with Crippen molar-refractivity contribution < 1.29 is 8.91 Å². The number of hydrogen-bond donors (Lipinski definition) is 1. The van der Waals surface area contributed by atoms with Crippen LogP contribution < -0.4 is 5.73 Å². The Morgan fingerprint density at radius 3 is 2.57 bits per heavy atom. The van der Waals surface area contributed by atoms with Crippen molar-refractivity contribution in [3.8, 4) is 22.4 Å². The van der Waals surface area contributed by atoms with Gasteiger partial charge in [-0.2, -0.15) is 0 Å². The number of nitrogens with two attached hydrogens (primary N) is 1. The minimum Gasteiger partial charge on any atom is -0.367 e. The van der Waals surface area contributed by atoms with Gasteiger partial charge < -0.3 is 10.3 Å². The molecule has 2 aromatic carbocycles. The summed E-state index contributed by atoms with van der Waals surface area (Å²) in [6.45, 7) is 1.96. The summed E-state index contributed by atoms with van der Waals surface area (Å²) >= 11 is 3.36. The number of nitrogen functional groups attached to an aromatic ring is 1. The number of nitrogens with zero attached hydrogens (tertiary/aromatic N) is 1. The van der Waals surface area contributed by atoms with Gasteiger partial charge in [-0.15, -0.1) is 0 Å². The third-order valence-corrected chi connectivity index (χ3v) is 3.99. The van der Waals surface area contributed by atoms with E-state index in [4.69, 9.17) is 10.3 Å². The third kappa shape index (κ3) is 2.34. The Balaban J connectivity index is 2.31. The summed E-state index contributed by atoms with van der Waals surface area (Å²) in [4.78, 5) is 0. The van der Waals surface area contributed by atoms with Gasteiger partial charge in [0.1, 0.15) is 11.5 Å². The van der Waals surface area contributed by atoms with E-state index in [1.54, 1.807) is 12.1 Å². The van der Waals surface area contributed by atoms with Gasteiger partial charge in [-0.05, 0) is 46.1 Å². The van der Waals surface area contributed by atoms with E-state index in [1.807, 2.05) is 31.2 Å². The molecule has 21 heavy (non-hydrogen) atoms. The van der Waals surface area contributed by atoms with Gasteiger partial charge >= 0.3 is 0 Å². The van der Waals surface area contributed by atoms with Crippen LogP contribution in [0.2, 0.25) is 0 Å². The fourth-order valence-electron chi connectivity index (χ4n) is 2.31. The number of hydrogen-bond acceptors (Lipinski definition) is 3. The van der Waals surface area contributed by atoms with Crippen LogP contribution in [0, 0.1) is 12.7 Å². The topological polar surface area (TPSA) is 52.0 Å². The minimum atomic E-state index is -0.382. The van der Waals surface area contributed by atoms with E-state index in [2.05, 4.69) is 21.1 Å². The third-order valence-electron chi connectivity index (χ3n) is 3.33. The number of benzene rings is 2. The molecule has 0 bridgehead atoms. The number of rotatable bonds is 2. The molecule has 3 rings (SSSR count). The predicted molar refractivity (Wildman–Crippen MR) is 84.2 cm³/mol. The molecular weight excluding hydrogens is 335 g/mol. The van der Waals surface area contributed by atoms with Crippen molar-refractivity contribution in [3.05, 3.63) is 58.3 Å². The van der Waals surface area contributed by atoms with Gasteiger partial charge in [-0.25, -0.2) is 4.39 Å². The molecule has 5 heteroatoms. The maximum absolute atomic E-state index is 14.2. The van der Waals surface area contributed by atoms with Crippen molar-refractivity contribution >= 4 is 21.8 Å². The normalized spacial score (nSPS) is 10.8. The summed E-state index contributed by atoms with van der Waals surface area (Å²) in [7, 11) is 0. The average molecular weight is 347 g/mol. The van der Waals surface area contributed by atoms with Crippen molar-refractivity contribution in [2.75, 3.05) is 5.73 Å². The lowest BCUT2D eigenvalue weighted by Crippen LogP contribution is -1.92. The molecule has 2 N–H and O–H groups in total. The lowest BCUT2D eigenvalue weighted by molar-refractivity contribution is 0.439. The highest BCUT2D eigenvalue weighted by atomic mass is 79.9. The first-order valence-electron chi connectivity index (χ1n) is 6.35. The molecule has 3 aromatic rings. The van der Waals surface area contributed by atoms with E-state index < -0.39 is 0 Å². The first kappa shape index (κ1) is 13.8. The van der Waals surface area contributed by atoms with Crippen LogP contribution in [0.3, 0.4) is 0 Å². The lowest BCUT2D eigenvalue weighted by Gasteiger charge is -2.08. The minimum absolute atomic E-state index is 0.175. The van der Waals surface area contributed by atoms with Crippen molar-refractivity contribution in [1.82, 2.24) is 5.16 Å². The number of aromatic nitrogens is 1. The number of halogens is 2. The predicted octanol–water partition coefficient (Wildman–Crippen LogP) is 4.80. The van der Waals surface area contributed by atoms with Crippen molar-refractivity contribution in [2.45, 2.75) is 6.92 Å². The molecule has 0 saturated carbocycles. The van der Waals surface area contributed by atoms with Crippen molar-refractivity contribution in [1.29, 1.82) is 0 Å². The van der Waals surface area contributed by atoms with Gasteiger partial charge in [0.15, 0.2) is 0 Å². The molecule has 0 spiro atoms. The van der Waals surface area contributed by atoms with Gasteiger partial charge in [0.05, 0.1) is 11.1 Å². The Hall–Kier alpha value is -2.14. The summed E-state index contributed by atoms with van der Waals surface area (Å²) < 4.78 is 19.9. The SMILES string of the molecule is Cc1ccccc1-c1c(-c2c(F)cccc2Br)noc1N. The van der Waals surface area contributed by atoms with Crippen LogP contribution in [0.15, 0.2) is 51.5 Å². The lowest BCUT2D eigenvalue weighted by atomic mass is 9.97. The van der Waals surface area contributed by atoms with Crippen LogP contribution >= 0.6 is 15.9 Å². The Morgan fingerprint density at radius 2 is 1.86 bits per heavy atom. The van der Waals surface area contributed by atoms with E-state index in [9.17, 15) is 4.39 Å². The zero-order valence-corrected chi connectivity index (χ0v) is 12.8. The fraction of sp³-hybridized carbons (Fsp3) is 0.0625. The fourth-order valence-corrected chi connectivity index (χ4v) is 2.84. The summed E-state index contributed by atoms with van der Waals surface area (Å²) in [6, 6.07) is 12.5. The molecule has 0 aliphatic carbocycles. The molecule has 1 aromatic heterocycles. The van der Waals surface area contributed by atoms with Crippen LogP contribution in [0.25, 0.3) is 22.4 Å². The molecule has 106 valence electrons. The summed E-state index contributed by atoms with van der Waals surface area (Å²) in [5.74, 6) is -0.207. The smallest absolute Gasteiger partial charge is 0.230 e. The first-order valence-corrected chi connectivity index (χ1v) is 7.14. The average Bonchev–Trinajstić information content (AvgIpc) is 2.81. The highest BCUT2D eigenvalue weighted by Crippen LogP contribution is 2.41. The second-order valence-corrected chi connectivity index (χ2v) is 5.54. The van der Waals surface area contributed by atoms with Crippen molar-refractivity contribution in [3.63, 3.8) is 0 Å². The number of anilines is 1. The van der Waals surface area contributed by atoms with Crippen molar-refractivity contribution in [2.24, 2.45) is 0 Å². The molecule has 0 radical (unpaired) electrons. The van der Waals surface area contributed by atoms with Crippen LogP contribution in [0.5, 0.6) is 0 Å². The molecule has 3 nitrogen and oxygen atoms in total. The quantitative estimate of drug-likeness (QED) is 0.724. The monoisotopic (exact) mass is 346 g/mol. The van der Waals surface area contributed by atoms with E-state index >= 15 is 0 Å². The molecule has 0 unspecified atom stereocenters. The van der Waals surface area contributed by atoms with Gasteiger partial charge in [0.2, 0.25) is 5.88 Å². The molecule has 0 aliphatic heterocycles. The maximum Gasteiger partial charge on any atom is 0.230 e. The Labute approximate surface area is 129 Å². The molecule has 0 amide bonds. The largest absolute Gasteiger partial charge is 0.367 e. The van der Waals surface area contributed by atoms with Gasteiger partial charge in [0, 0.05) is 4.47 Å². The van der Waals surface area contributed by atoms with Crippen LogP contribution in [-0.2, 0) is 0 Å². The molecule has 0 fully saturated rings. The van der Waals surface area contributed by atoms with Crippen LogP contribution in [0.4, 0.5) is 10.3 Å². The van der Waals surface area contributed by atoms with E-state index in [0.29, 0.717) is 21.3 Å². The second kappa shape index (κ2) is 5.33. The Bertz CT molecular complexity index is 794. The zero-order valence-electron chi connectivity index (χ0n) is 11.2. The molecule has 1 heterocycles. The Kier molecular flexibility index (Phi) is 3.51. The standard InChI is InChI=1S/C16H12BrFN2O/c1-9-5-2-3-6-10(9)13-15(20-21-16(13)19)14-11(17)7-4-8-12(14)18/h2-8H,19H2,1H3. The molecule has 0 aliphatic rings. The van der Waals surface area contributed by atoms with Crippen LogP contribution in [0.1, 0.15) is 5.56 Å². The van der Waals surface area contributed by atoms with Gasteiger partial charge in [-0.3, -0.25) is 0 Å². The molecular formula is C16H12BrFN2O. The highest BCUT2D eigenvalue weighted by molar-refractivity contribution is 9.10. The van der Waals surface area contributed by atoms with E-state index in [1.165, 1.54) is 6.07 Å². The van der Waals surface area contributed by atoms with Crippen LogP contribution in [-0.4, -0.2) is 5.16 Å². The summed E-state index contributed by atoms with van der Waals surface area (Å²) in [5, 5.41) is 3.96. The van der Waals surface area contributed by atoms with Gasteiger partial charge in [-0.1, -0.05) is 35.5 Å². The highest BCUT2D eigenvalue weighted by Gasteiger charge is 2.22. The van der Waals surface area contributed by atoms with Gasteiger partial charge in [0.25, 0.3) is 0 Å².